The van der Waals surface area contributed by atoms with E-state index in [1.165, 1.54) is 31.3 Å². The fraction of sp³-hybridized carbons (Fsp3) is 0.714. The molecule has 1 atom stereocenters. The van der Waals surface area contributed by atoms with Gasteiger partial charge in [0.15, 0.2) is 0 Å². The number of rotatable bonds is 0. The van der Waals surface area contributed by atoms with Gasteiger partial charge in [-0.1, -0.05) is 28.1 Å². The summed E-state index contributed by atoms with van der Waals surface area (Å²) in [7, 11) is 0. The summed E-state index contributed by atoms with van der Waals surface area (Å²) in [4.78, 5) is 0.726. The number of hydrogen-bond acceptors (Lipinski definition) is 0. The normalized spacial score (nSPS) is 30.6. The van der Waals surface area contributed by atoms with E-state index >= 15 is 0 Å². The first-order chi connectivity index (χ1) is 3.79. The zero-order valence-electron chi connectivity index (χ0n) is 4.99. The molecule has 0 nitrogen and oxygen atoms in total. The van der Waals surface area contributed by atoms with Crippen molar-refractivity contribution in [3.8, 4) is 0 Å². The van der Waals surface area contributed by atoms with Gasteiger partial charge in [0.2, 0.25) is 0 Å². The topological polar surface area (TPSA) is 0 Å². The molecular weight excluding hydrogens is 164 g/mol. The van der Waals surface area contributed by atoms with Gasteiger partial charge in [0.25, 0.3) is 0 Å². The van der Waals surface area contributed by atoms with Gasteiger partial charge in [0.1, 0.15) is 0 Å². The van der Waals surface area contributed by atoms with Gasteiger partial charge in [-0.3, -0.25) is 0 Å². The van der Waals surface area contributed by atoms with Crippen LogP contribution in [0.3, 0.4) is 0 Å². The molecule has 8 heavy (non-hydrogen) atoms. The summed E-state index contributed by atoms with van der Waals surface area (Å²) < 4.78 is 0. The molecule has 0 aromatic carbocycles. The highest BCUT2D eigenvalue weighted by atomic mass is 79.9. The number of halogens is 1. The van der Waals surface area contributed by atoms with Gasteiger partial charge in [-0.05, 0) is 25.7 Å². The summed E-state index contributed by atoms with van der Waals surface area (Å²) in [5.74, 6) is 0. The second-order valence-corrected chi connectivity index (χ2v) is 3.74. The lowest BCUT2D eigenvalue weighted by Crippen LogP contribution is -2.05. The minimum absolute atomic E-state index is 0.726. The number of allylic oxidation sites excluding steroid dienone is 1. The molecular formula is C7H11Br. The van der Waals surface area contributed by atoms with Crippen molar-refractivity contribution in [1.29, 1.82) is 0 Å². The van der Waals surface area contributed by atoms with Crippen LogP contribution in [0, 0.1) is 0 Å². The van der Waals surface area contributed by atoms with E-state index < -0.39 is 0 Å². The average molecular weight is 175 g/mol. The van der Waals surface area contributed by atoms with Crippen molar-refractivity contribution in [3.05, 3.63) is 12.2 Å². The first-order valence-electron chi connectivity index (χ1n) is 3.10. The lowest BCUT2D eigenvalue weighted by molar-refractivity contribution is 0.622. The number of hydrogen-bond donors (Lipinski definition) is 0. The van der Waals surface area contributed by atoms with Crippen molar-refractivity contribution in [3.63, 3.8) is 0 Å². The quantitative estimate of drug-likeness (QED) is 0.392. The zero-order chi connectivity index (χ0) is 5.98. The Morgan fingerprint density at radius 3 is 2.75 bits per heavy atom. The SMILES string of the molecule is C=C1CCCC(Br)C1. The lowest BCUT2D eigenvalue weighted by atomic mass is 9.96. The fourth-order valence-corrected chi connectivity index (χ4v) is 1.87. The van der Waals surface area contributed by atoms with Gasteiger partial charge in [-0.2, -0.15) is 0 Å². The molecule has 1 aliphatic carbocycles. The second-order valence-electron chi connectivity index (χ2n) is 2.44. The van der Waals surface area contributed by atoms with Crippen LogP contribution in [0.5, 0.6) is 0 Å². The minimum atomic E-state index is 0.726. The zero-order valence-corrected chi connectivity index (χ0v) is 6.58. The van der Waals surface area contributed by atoms with E-state index in [1.807, 2.05) is 0 Å². The highest BCUT2D eigenvalue weighted by molar-refractivity contribution is 9.09. The van der Waals surface area contributed by atoms with Crippen LogP contribution in [0.1, 0.15) is 25.7 Å². The van der Waals surface area contributed by atoms with Gasteiger partial charge in [0, 0.05) is 4.83 Å². The molecule has 0 aromatic heterocycles. The summed E-state index contributed by atoms with van der Waals surface area (Å²) in [6, 6.07) is 0. The smallest absolute Gasteiger partial charge is 0.0183 e. The molecule has 1 heteroatoms. The molecule has 0 spiro atoms. The molecule has 1 saturated carbocycles. The van der Waals surface area contributed by atoms with Crippen molar-refractivity contribution in [1.82, 2.24) is 0 Å². The minimum Gasteiger partial charge on any atom is -0.0998 e. The van der Waals surface area contributed by atoms with E-state index in [0.29, 0.717) is 0 Å². The summed E-state index contributed by atoms with van der Waals surface area (Å²) >= 11 is 3.57. The standard InChI is InChI=1S/C7H11Br/c1-6-3-2-4-7(8)5-6/h7H,1-5H2. The van der Waals surface area contributed by atoms with Crippen molar-refractivity contribution >= 4 is 15.9 Å². The van der Waals surface area contributed by atoms with Crippen LogP contribution in [0.25, 0.3) is 0 Å². The Bertz CT molecular complexity index is 96.6. The molecule has 1 rings (SSSR count). The van der Waals surface area contributed by atoms with Crippen LogP contribution in [0.4, 0.5) is 0 Å². The summed E-state index contributed by atoms with van der Waals surface area (Å²) in [6.45, 7) is 3.93. The molecule has 0 N–H and O–H groups in total. The van der Waals surface area contributed by atoms with Crippen molar-refractivity contribution in [2.45, 2.75) is 30.5 Å². The third-order valence-corrected chi connectivity index (χ3v) is 2.34. The average Bonchev–Trinajstić information content (AvgIpc) is 1.64. The maximum Gasteiger partial charge on any atom is 0.0183 e. The van der Waals surface area contributed by atoms with Crippen molar-refractivity contribution in [2.75, 3.05) is 0 Å². The van der Waals surface area contributed by atoms with Crippen LogP contribution in [0.2, 0.25) is 0 Å². The molecule has 1 unspecified atom stereocenters. The van der Waals surface area contributed by atoms with Gasteiger partial charge >= 0.3 is 0 Å². The molecule has 0 aromatic rings. The molecule has 46 valence electrons. The molecule has 0 aliphatic heterocycles. The Kier molecular flexibility index (Phi) is 2.12. The van der Waals surface area contributed by atoms with E-state index in [0.717, 1.165) is 4.83 Å². The molecule has 0 heterocycles. The Balaban J connectivity index is 2.34. The van der Waals surface area contributed by atoms with E-state index in [1.54, 1.807) is 0 Å². The predicted molar refractivity (Wildman–Crippen MR) is 40.3 cm³/mol. The van der Waals surface area contributed by atoms with Crippen LogP contribution in [0.15, 0.2) is 12.2 Å². The molecule has 0 radical (unpaired) electrons. The van der Waals surface area contributed by atoms with Crippen molar-refractivity contribution in [2.24, 2.45) is 0 Å². The summed E-state index contributed by atoms with van der Waals surface area (Å²) in [5.41, 5.74) is 1.41. The predicted octanol–water partition coefficient (Wildman–Crippen LogP) is 2.88. The highest BCUT2D eigenvalue weighted by Crippen LogP contribution is 2.26. The van der Waals surface area contributed by atoms with E-state index in [2.05, 4.69) is 22.5 Å². The molecule has 0 saturated heterocycles. The Labute approximate surface area is 59.1 Å². The largest absolute Gasteiger partial charge is 0.0998 e. The van der Waals surface area contributed by atoms with Crippen LogP contribution >= 0.6 is 15.9 Å². The Hall–Kier alpha value is 0.220. The van der Waals surface area contributed by atoms with Crippen molar-refractivity contribution < 1.29 is 0 Å². The Morgan fingerprint density at radius 1 is 1.62 bits per heavy atom. The van der Waals surface area contributed by atoms with Gasteiger partial charge < -0.3 is 0 Å². The van der Waals surface area contributed by atoms with E-state index in [-0.39, 0.29) is 0 Å². The highest BCUT2D eigenvalue weighted by Gasteiger charge is 2.11. The Morgan fingerprint density at radius 2 is 2.38 bits per heavy atom. The third kappa shape index (κ3) is 1.62. The van der Waals surface area contributed by atoms with Crippen LogP contribution in [-0.4, -0.2) is 4.83 Å². The summed E-state index contributed by atoms with van der Waals surface area (Å²) in [5, 5.41) is 0. The maximum atomic E-state index is 3.93. The number of alkyl halides is 1. The fourth-order valence-electron chi connectivity index (χ4n) is 1.09. The second kappa shape index (κ2) is 2.67. The van der Waals surface area contributed by atoms with E-state index in [9.17, 15) is 0 Å². The van der Waals surface area contributed by atoms with Crippen LogP contribution < -0.4 is 0 Å². The third-order valence-electron chi connectivity index (χ3n) is 1.56. The van der Waals surface area contributed by atoms with Gasteiger partial charge in [-0.25, -0.2) is 0 Å². The molecule has 1 aliphatic rings. The van der Waals surface area contributed by atoms with Gasteiger partial charge in [0.05, 0.1) is 0 Å². The first kappa shape index (κ1) is 6.34. The molecule has 0 amide bonds. The lowest BCUT2D eigenvalue weighted by Gasteiger charge is -2.17. The maximum absolute atomic E-state index is 3.93. The molecule has 1 fully saturated rings. The monoisotopic (exact) mass is 174 g/mol. The first-order valence-corrected chi connectivity index (χ1v) is 4.01. The summed E-state index contributed by atoms with van der Waals surface area (Å²) in [6.07, 6.45) is 5.11. The van der Waals surface area contributed by atoms with E-state index in [4.69, 9.17) is 0 Å². The molecule has 0 bridgehead atoms. The van der Waals surface area contributed by atoms with Crippen LogP contribution in [-0.2, 0) is 0 Å². The van der Waals surface area contributed by atoms with Gasteiger partial charge in [-0.15, -0.1) is 0 Å².